The Morgan fingerprint density at radius 2 is 1.53 bits per heavy atom. The van der Waals surface area contributed by atoms with Gasteiger partial charge in [0.2, 0.25) is 0 Å². The van der Waals surface area contributed by atoms with Gasteiger partial charge in [0.15, 0.2) is 11.7 Å². The average Bonchev–Trinajstić information content (AvgIpc) is 2.38. The number of esters is 2. The molecule has 0 rings (SSSR count). The summed E-state index contributed by atoms with van der Waals surface area (Å²) >= 11 is 0. The Balaban J connectivity index is 4.42. The topological polar surface area (TPSA) is 69.7 Å². The number of carbonyl (C=O) groups excluding carboxylic acids is 3. The van der Waals surface area contributed by atoms with E-state index in [1.165, 1.54) is 6.08 Å². The fraction of sp³-hybridized carbons (Fsp3) is 0.643. The molecular weight excluding hydrogens is 248 g/mol. The van der Waals surface area contributed by atoms with Crippen molar-refractivity contribution in [2.75, 3.05) is 13.2 Å². The Labute approximate surface area is 114 Å². The zero-order chi connectivity index (χ0) is 14.7. The van der Waals surface area contributed by atoms with Gasteiger partial charge in [-0.3, -0.25) is 14.4 Å². The Morgan fingerprint density at radius 3 is 1.95 bits per heavy atom. The summed E-state index contributed by atoms with van der Waals surface area (Å²) in [6.07, 6.45) is 4.31. The molecule has 0 aliphatic carbocycles. The van der Waals surface area contributed by atoms with Crippen LogP contribution in [0.2, 0.25) is 0 Å². The summed E-state index contributed by atoms with van der Waals surface area (Å²) in [7, 11) is 0. The van der Waals surface area contributed by atoms with Gasteiger partial charge in [0.25, 0.3) is 0 Å². The Kier molecular flexibility index (Phi) is 9.40. The molecule has 0 saturated heterocycles. The standard InChI is InChI=1S/C14H22O5/c1-4-11(15)9-7-8-10-12(13(16)18-5-2)14(17)19-6-3/h7,9,12H,4-6,8,10H2,1-3H3/b9-7+. The summed E-state index contributed by atoms with van der Waals surface area (Å²) in [5.74, 6) is -2.04. The zero-order valence-electron chi connectivity index (χ0n) is 11.8. The van der Waals surface area contributed by atoms with Crippen molar-refractivity contribution in [3.8, 4) is 0 Å². The average molecular weight is 270 g/mol. The van der Waals surface area contributed by atoms with Crippen molar-refractivity contribution in [2.45, 2.75) is 40.0 Å². The van der Waals surface area contributed by atoms with Crippen LogP contribution in [-0.2, 0) is 23.9 Å². The maximum absolute atomic E-state index is 11.6. The van der Waals surface area contributed by atoms with Crippen LogP contribution in [0.25, 0.3) is 0 Å². The number of ether oxygens (including phenoxy) is 2. The highest BCUT2D eigenvalue weighted by Gasteiger charge is 2.28. The van der Waals surface area contributed by atoms with Gasteiger partial charge in [0, 0.05) is 6.42 Å². The van der Waals surface area contributed by atoms with Crippen molar-refractivity contribution in [1.82, 2.24) is 0 Å². The van der Waals surface area contributed by atoms with E-state index in [4.69, 9.17) is 9.47 Å². The molecule has 0 amide bonds. The molecule has 19 heavy (non-hydrogen) atoms. The van der Waals surface area contributed by atoms with Gasteiger partial charge in [0.05, 0.1) is 13.2 Å². The van der Waals surface area contributed by atoms with Crippen LogP contribution < -0.4 is 0 Å². The summed E-state index contributed by atoms with van der Waals surface area (Å²) in [6, 6.07) is 0. The largest absolute Gasteiger partial charge is 0.465 e. The van der Waals surface area contributed by atoms with E-state index < -0.39 is 17.9 Å². The molecule has 0 heterocycles. The predicted octanol–water partition coefficient (Wildman–Crippen LogP) is 2.04. The number of rotatable bonds is 9. The lowest BCUT2D eigenvalue weighted by molar-refractivity contribution is -0.161. The van der Waals surface area contributed by atoms with Crippen LogP contribution in [0, 0.1) is 5.92 Å². The monoisotopic (exact) mass is 270 g/mol. The van der Waals surface area contributed by atoms with E-state index in [1.54, 1.807) is 26.8 Å². The number of ketones is 1. The molecule has 0 aliphatic rings. The van der Waals surface area contributed by atoms with Crippen LogP contribution >= 0.6 is 0 Å². The van der Waals surface area contributed by atoms with Crippen LogP contribution in [-0.4, -0.2) is 30.9 Å². The van der Waals surface area contributed by atoms with Crippen LogP contribution in [0.1, 0.15) is 40.0 Å². The summed E-state index contributed by atoms with van der Waals surface area (Å²) in [4.78, 5) is 34.3. The van der Waals surface area contributed by atoms with Crippen molar-refractivity contribution >= 4 is 17.7 Å². The quantitative estimate of drug-likeness (QED) is 0.364. The van der Waals surface area contributed by atoms with E-state index in [2.05, 4.69) is 0 Å². The molecule has 108 valence electrons. The number of hydrogen-bond acceptors (Lipinski definition) is 5. The molecule has 0 spiro atoms. The molecule has 0 bridgehead atoms. The first-order chi connectivity index (χ1) is 9.06. The smallest absolute Gasteiger partial charge is 0.320 e. The minimum atomic E-state index is -0.915. The number of hydrogen-bond donors (Lipinski definition) is 0. The molecule has 5 nitrogen and oxygen atoms in total. The second kappa shape index (κ2) is 10.3. The maximum atomic E-state index is 11.6. The number of carbonyl (C=O) groups is 3. The van der Waals surface area contributed by atoms with Crippen molar-refractivity contribution in [1.29, 1.82) is 0 Å². The lowest BCUT2D eigenvalue weighted by Crippen LogP contribution is -2.28. The van der Waals surface area contributed by atoms with E-state index in [1.807, 2.05) is 0 Å². The van der Waals surface area contributed by atoms with Gasteiger partial charge < -0.3 is 9.47 Å². The van der Waals surface area contributed by atoms with E-state index >= 15 is 0 Å². The third-order valence-electron chi connectivity index (χ3n) is 2.42. The third-order valence-corrected chi connectivity index (χ3v) is 2.42. The second-order valence-corrected chi connectivity index (χ2v) is 3.86. The van der Waals surface area contributed by atoms with Gasteiger partial charge in [0.1, 0.15) is 0 Å². The Morgan fingerprint density at radius 1 is 1.00 bits per heavy atom. The first kappa shape index (κ1) is 17.4. The summed E-state index contributed by atoms with van der Waals surface area (Å²) in [5, 5.41) is 0. The molecule has 0 aromatic heterocycles. The SMILES string of the molecule is CCOC(=O)C(CC/C=C/C(=O)CC)C(=O)OCC. The Bertz CT molecular complexity index is 315. The molecular formula is C14H22O5. The minimum absolute atomic E-state index is 0.0174. The molecule has 0 saturated carbocycles. The van der Waals surface area contributed by atoms with E-state index in [0.29, 0.717) is 12.8 Å². The van der Waals surface area contributed by atoms with Crippen LogP contribution in [0.15, 0.2) is 12.2 Å². The molecule has 0 N–H and O–H groups in total. The van der Waals surface area contributed by atoms with Crippen LogP contribution in [0.3, 0.4) is 0 Å². The van der Waals surface area contributed by atoms with E-state index in [-0.39, 0.29) is 25.4 Å². The summed E-state index contributed by atoms with van der Waals surface area (Å²) in [5.41, 5.74) is 0. The summed E-state index contributed by atoms with van der Waals surface area (Å²) < 4.78 is 9.68. The first-order valence-corrected chi connectivity index (χ1v) is 6.59. The molecule has 0 radical (unpaired) electrons. The fourth-order valence-corrected chi connectivity index (χ4v) is 1.41. The van der Waals surface area contributed by atoms with Crippen molar-refractivity contribution in [2.24, 2.45) is 5.92 Å². The molecule has 0 fully saturated rings. The van der Waals surface area contributed by atoms with Crippen molar-refractivity contribution in [3.05, 3.63) is 12.2 Å². The lowest BCUT2D eigenvalue weighted by atomic mass is 10.0. The van der Waals surface area contributed by atoms with Gasteiger partial charge in [-0.15, -0.1) is 0 Å². The predicted molar refractivity (Wildman–Crippen MR) is 70.4 cm³/mol. The maximum Gasteiger partial charge on any atom is 0.320 e. The normalized spacial score (nSPS) is 10.7. The lowest BCUT2D eigenvalue weighted by Gasteiger charge is -2.13. The first-order valence-electron chi connectivity index (χ1n) is 6.59. The zero-order valence-corrected chi connectivity index (χ0v) is 11.8. The van der Waals surface area contributed by atoms with Gasteiger partial charge in [-0.2, -0.15) is 0 Å². The third kappa shape index (κ3) is 7.39. The molecule has 0 aliphatic heterocycles. The molecule has 0 atom stereocenters. The molecule has 5 heteroatoms. The second-order valence-electron chi connectivity index (χ2n) is 3.86. The minimum Gasteiger partial charge on any atom is -0.465 e. The van der Waals surface area contributed by atoms with Crippen LogP contribution in [0.5, 0.6) is 0 Å². The van der Waals surface area contributed by atoms with Crippen molar-refractivity contribution in [3.63, 3.8) is 0 Å². The number of allylic oxidation sites excluding steroid dienone is 2. The van der Waals surface area contributed by atoms with Gasteiger partial charge in [-0.1, -0.05) is 13.0 Å². The van der Waals surface area contributed by atoms with Crippen molar-refractivity contribution < 1.29 is 23.9 Å². The Hall–Kier alpha value is -1.65. The molecule has 0 aromatic rings. The fourth-order valence-electron chi connectivity index (χ4n) is 1.41. The van der Waals surface area contributed by atoms with Gasteiger partial charge in [-0.05, 0) is 32.8 Å². The van der Waals surface area contributed by atoms with Gasteiger partial charge in [-0.25, -0.2) is 0 Å². The van der Waals surface area contributed by atoms with Crippen LogP contribution in [0.4, 0.5) is 0 Å². The highest BCUT2D eigenvalue weighted by molar-refractivity contribution is 5.95. The highest BCUT2D eigenvalue weighted by atomic mass is 16.6. The molecule has 0 unspecified atom stereocenters. The van der Waals surface area contributed by atoms with E-state index in [9.17, 15) is 14.4 Å². The highest BCUT2D eigenvalue weighted by Crippen LogP contribution is 2.12. The van der Waals surface area contributed by atoms with Gasteiger partial charge >= 0.3 is 11.9 Å². The summed E-state index contributed by atoms with van der Waals surface area (Å²) in [6.45, 7) is 5.57. The van der Waals surface area contributed by atoms with E-state index in [0.717, 1.165) is 0 Å². The molecule has 0 aromatic carbocycles.